The molecule has 2 unspecified atom stereocenters. The fourth-order valence-corrected chi connectivity index (χ4v) is 3.13. The lowest BCUT2D eigenvalue weighted by atomic mass is 10.0. The zero-order chi connectivity index (χ0) is 12.7. The summed E-state index contributed by atoms with van der Waals surface area (Å²) in [5, 5.41) is 17.8. The molecule has 3 rings (SSSR count). The summed E-state index contributed by atoms with van der Waals surface area (Å²) >= 11 is 0. The average molecular weight is 250 g/mol. The lowest BCUT2D eigenvalue weighted by molar-refractivity contribution is -0.141. The van der Waals surface area contributed by atoms with E-state index in [1.165, 1.54) is 0 Å². The molecule has 0 aliphatic carbocycles. The minimum Gasteiger partial charge on any atom is -0.480 e. The number of aliphatic carboxylic acids is 1. The number of likely N-dealkylation sites (tertiary alicyclic amines) is 1. The Labute approximate surface area is 106 Å². The molecule has 98 valence electrons. The van der Waals surface area contributed by atoms with E-state index in [1.54, 1.807) is 0 Å². The topological polar surface area (TPSA) is 71.2 Å². The summed E-state index contributed by atoms with van der Waals surface area (Å²) in [6, 6.07) is -0.251. The fourth-order valence-electron chi connectivity index (χ4n) is 3.13. The third-order valence-corrected chi connectivity index (χ3v) is 4.09. The Kier molecular flexibility index (Phi) is 2.81. The number of fused-ring (bicyclic) bond motifs is 1. The highest BCUT2D eigenvalue weighted by Gasteiger charge is 2.35. The van der Waals surface area contributed by atoms with Gasteiger partial charge in [-0.15, -0.1) is 10.2 Å². The predicted molar refractivity (Wildman–Crippen MR) is 64.2 cm³/mol. The molecule has 0 spiro atoms. The second-order valence-corrected chi connectivity index (χ2v) is 5.23. The number of carboxylic acid groups (broad SMARTS) is 1. The van der Waals surface area contributed by atoms with Crippen molar-refractivity contribution in [3.63, 3.8) is 0 Å². The molecular weight excluding hydrogens is 232 g/mol. The van der Waals surface area contributed by atoms with Gasteiger partial charge in [-0.25, -0.2) is 4.79 Å². The maximum atomic E-state index is 11.4. The molecule has 1 aromatic heterocycles. The van der Waals surface area contributed by atoms with Crippen LogP contribution in [-0.2, 0) is 11.2 Å². The molecule has 0 saturated carbocycles. The summed E-state index contributed by atoms with van der Waals surface area (Å²) in [5.74, 6) is 0.915. The minimum absolute atomic E-state index is 0.228. The standard InChI is InChI=1S/C12H18N4O2/c1-15-7-3-5-8(15)11-14-13-10-6-2-4-9(12(17)18)16(10)11/h8-9H,2-7H2,1H3,(H,17,18). The van der Waals surface area contributed by atoms with Crippen molar-refractivity contribution in [2.45, 2.75) is 44.2 Å². The van der Waals surface area contributed by atoms with Gasteiger partial charge in [-0.3, -0.25) is 9.47 Å². The van der Waals surface area contributed by atoms with Crippen LogP contribution in [0.2, 0.25) is 0 Å². The van der Waals surface area contributed by atoms with Crippen molar-refractivity contribution in [2.75, 3.05) is 13.6 Å². The molecular formula is C12H18N4O2. The Morgan fingerprint density at radius 1 is 1.33 bits per heavy atom. The van der Waals surface area contributed by atoms with Crippen LogP contribution in [0.15, 0.2) is 0 Å². The van der Waals surface area contributed by atoms with Crippen LogP contribution in [0, 0.1) is 0 Å². The van der Waals surface area contributed by atoms with Gasteiger partial charge in [0.1, 0.15) is 11.9 Å². The van der Waals surface area contributed by atoms with Gasteiger partial charge in [0.05, 0.1) is 6.04 Å². The highest BCUT2D eigenvalue weighted by molar-refractivity contribution is 5.72. The number of aromatic nitrogens is 3. The molecule has 0 bridgehead atoms. The van der Waals surface area contributed by atoms with Gasteiger partial charge < -0.3 is 5.11 Å². The van der Waals surface area contributed by atoms with Crippen molar-refractivity contribution in [1.29, 1.82) is 0 Å². The first-order chi connectivity index (χ1) is 8.68. The SMILES string of the molecule is CN1CCCC1c1nnc2n1C(C(=O)O)CCC2. The third kappa shape index (κ3) is 1.71. The highest BCUT2D eigenvalue weighted by atomic mass is 16.4. The molecule has 0 radical (unpaired) electrons. The molecule has 2 aliphatic rings. The van der Waals surface area contributed by atoms with E-state index in [9.17, 15) is 9.90 Å². The molecule has 1 N–H and O–H groups in total. The molecule has 0 aromatic carbocycles. The Hall–Kier alpha value is -1.43. The first-order valence-corrected chi connectivity index (χ1v) is 6.55. The van der Waals surface area contributed by atoms with E-state index < -0.39 is 12.0 Å². The molecule has 6 heteroatoms. The molecule has 1 fully saturated rings. The van der Waals surface area contributed by atoms with Gasteiger partial charge in [0, 0.05) is 6.42 Å². The summed E-state index contributed by atoms with van der Waals surface area (Å²) < 4.78 is 1.87. The minimum atomic E-state index is -0.766. The monoisotopic (exact) mass is 250 g/mol. The summed E-state index contributed by atoms with van der Waals surface area (Å²) in [6.45, 7) is 1.05. The highest BCUT2D eigenvalue weighted by Crippen LogP contribution is 2.34. The first-order valence-electron chi connectivity index (χ1n) is 6.55. The van der Waals surface area contributed by atoms with E-state index >= 15 is 0 Å². The second-order valence-electron chi connectivity index (χ2n) is 5.23. The fraction of sp³-hybridized carbons (Fsp3) is 0.750. The van der Waals surface area contributed by atoms with Crippen molar-refractivity contribution in [2.24, 2.45) is 0 Å². The first kappa shape index (κ1) is 11.6. The number of nitrogens with zero attached hydrogens (tertiary/aromatic N) is 4. The maximum Gasteiger partial charge on any atom is 0.326 e. The summed E-state index contributed by atoms with van der Waals surface area (Å²) in [4.78, 5) is 13.6. The molecule has 3 heterocycles. The largest absolute Gasteiger partial charge is 0.480 e. The van der Waals surface area contributed by atoms with Crippen LogP contribution in [0.5, 0.6) is 0 Å². The Balaban J connectivity index is 2.01. The molecule has 1 aromatic rings. The second kappa shape index (κ2) is 4.35. The molecule has 6 nitrogen and oxygen atoms in total. The molecule has 0 amide bonds. The zero-order valence-corrected chi connectivity index (χ0v) is 10.5. The van der Waals surface area contributed by atoms with Crippen molar-refractivity contribution < 1.29 is 9.90 Å². The smallest absolute Gasteiger partial charge is 0.326 e. The quantitative estimate of drug-likeness (QED) is 0.848. The molecule has 18 heavy (non-hydrogen) atoms. The number of carbonyl (C=O) groups is 1. The van der Waals surface area contributed by atoms with Crippen molar-refractivity contribution >= 4 is 5.97 Å². The van der Waals surface area contributed by atoms with Gasteiger partial charge in [-0.05, 0) is 39.3 Å². The van der Waals surface area contributed by atoms with Crippen LogP contribution in [0.25, 0.3) is 0 Å². The van der Waals surface area contributed by atoms with E-state index in [0.29, 0.717) is 6.42 Å². The van der Waals surface area contributed by atoms with E-state index in [2.05, 4.69) is 22.1 Å². The lowest BCUT2D eigenvalue weighted by Gasteiger charge is -2.26. The summed E-state index contributed by atoms with van der Waals surface area (Å²) in [7, 11) is 2.07. The van der Waals surface area contributed by atoms with Crippen LogP contribution in [-0.4, -0.2) is 44.3 Å². The van der Waals surface area contributed by atoms with Crippen LogP contribution in [0.1, 0.15) is 49.4 Å². The molecule has 1 saturated heterocycles. The summed E-state index contributed by atoms with van der Waals surface area (Å²) in [6.07, 6.45) is 4.59. The number of aryl methyl sites for hydroxylation is 1. The molecule has 2 aliphatic heterocycles. The predicted octanol–water partition coefficient (Wildman–Crippen LogP) is 1.01. The zero-order valence-electron chi connectivity index (χ0n) is 10.5. The van der Waals surface area contributed by atoms with E-state index in [0.717, 1.165) is 43.9 Å². The van der Waals surface area contributed by atoms with Crippen LogP contribution in [0.3, 0.4) is 0 Å². The number of carboxylic acids is 1. The van der Waals surface area contributed by atoms with Gasteiger partial charge in [0.15, 0.2) is 5.82 Å². The van der Waals surface area contributed by atoms with Crippen molar-refractivity contribution in [3.8, 4) is 0 Å². The van der Waals surface area contributed by atoms with Gasteiger partial charge in [0.25, 0.3) is 0 Å². The Morgan fingerprint density at radius 2 is 2.17 bits per heavy atom. The van der Waals surface area contributed by atoms with Crippen LogP contribution < -0.4 is 0 Å². The lowest BCUT2D eigenvalue weighted by Crippen LogP contribution is -2.29. The van der Waals surface area contributed by atoms with Gasteiger partial charge in [-0.2, -0.15) is 0 Å². The van der Waals surface area contributed by atoms with Crippen molar-refractivity contribution in [3.05, 3.63) is 11.6 Å². The summed E-state index contributed by atoms with van der Waals surface area (Å²) in [5.41, 5.74) is 0. The number of hydrogen-bond acceptors (Lipinski definition) is 4. The van der Waals surface area contributed by atoms with Gasteiger partial charge >= 0.3 is 5.97 Å². The van der Waals surface area contributed by atoms with E-state index in [4.69, 9.17) is 0 Å². The van der Waals surface area contributed by atoms with Gasteiger partial charge in [-0.1, -0.05) is 0 Å². The van der Waals surface area contributed by atoms with Crippen LogP contribution >= 0.6 is 0 Å². The normalized spacial score (nSPS) is 28.3. The number of rotatable bonds is 2. The Morgan fingerprint density at radius 3 is 2.83 bits per heavy atom. The van der Waals surface area contributed by atoms with E-state index in [-0.39, 0.29) is 6.04 Å². The average Bonchev–Trinajstić information content (AvgIpc) is 2.94. The van der Waals surface area contributed by atoms with E-state index in [1.807, 2.05) is 4.57 Å². The molecule has 2 atom stereocenters. The van der Waals surface area contributed by atoms with Crippen molar-refractivity contribution in [1.82, 2.24) is 19.7 Å². The third-order valence-electron chi connectivity index (χ3n) is 4.09. The Bertz CT molecular complexity index is 471. The van der Waals surface area contributed by atoms with Crippen LogP contribution in [0.4, 0.5) is 0 Å². The van der Waals surface area contributed by atoms with Gasteiger partial charge in [0.2, 0.25) is 0 Å². The maximum absolute atomic E-state index is 11.4. The number of hydrogen-bond donors (Lipinski definition) is 1.